The predicted octanol–water partition coefficient (Wildman–Crippen LogP) is -2.21. The number of carboxylic acid groups (broad SMARTS) is 1. The zero-order valence-corrected chi connectivity index (χ0v) is 7.48. The van der Waals surface area contributed by atoms with Gasteiger partial charge < -0.3 is 25.2 Å². The summed E-state index contributed by atoms with van der Waals surface area (Å²) in [5, 5.41) is 8.89. The summed E-state index contributed by atoms with van der Waals surface area (Å²) in [5.74, 6) is -1.08. The van der Waals surface area contributed by atoms with E-state index in [1.54, 1.807) is 0 Å². The minimum absolute atomic E-state index is 0. The normalized spacial score (nSPS) is 7.55. The molecule has 0 amide bonds. The van der Waals surface area contributed by atoms with Crippen LogP contribution in [0.15, 0.2) is 0 Å². The fraction of sp³-hybridized carbons (Fsp3) is 0.500. The number of quaternary nitrogens is 1. The first kappa shape index (κ1) is 22.4. The minimum Gasteiger partial charge on any atom is -0.759 e. The van der Waals surface area contributed by atoms with Gasteiger partial charge in [-0.2, -0.15) is 0 Å². The first-order valence-electron chi connectivity index (χ1n) is 1.57. The van der Waals surface area contributed by atoms with Gasteiger partial charge in [0.2, 0.25) is 0 Å². The Labute approximate surface area is 73.9 Å². The van der Waals surface area contributed by atoms with Crippen molar-refractivity contribution < 1.29 is 43.9 Å². The van der Waals surface area contributed by atoms with E-state index in [0.717, 1.165) is 6.92 Å². The Kier molecular flexibility index (Phi) is 20.0. The van der Waals surface area contributed by atoms with Crippen LogP contribution < -0.4 is 11.3 Å². The largest absolute Gasteiger partial charge is 2.00 e. The Morgan fingerprint density at radius 3 is 1.27 bits per heavy atom. The molecule has 0 unspecified atom stereocenters. The van der Waals surface area contributed by atoms with Gasteiger partial charge in [-0.3, -0.25) is 8.42 Å². The molecular weight excluding hydrogens is 225 g/mol. The molecule has 0 rings (SSSR count). The molecule has 0 saturated heterocycles. The fourth-order valence-electron chi connectivity index (χ4n) is 0. The van der Waals surface area contributed by atoms with E-state index in [0.29, 0.717) is 0 Å². The van der Waals surface area contributed by atoms with Crippen molar-refractivity contribution in [2.24, 2.45) is 0 Å². The molecule has 9 heteroatoms. The summed E-state index contributed by atoms with van der Waals surface area (Å²) >= 11 is 0. The average molecular weight is 232 g/mol. The van der Waals surface area contributed by atoms with Crippen LogP contribution in [0, 0.1) is 0 Å². The molecule has 0 aromatic heterocycles. The summed E-state index contributed by atoms with van der Waals surface area (Å²) in [7, 11) is -5.17. The minimum atomic E-state index is -5.17. The van der Waals surface area contributed by atoms with Crippen LogP contribution in [0.4, 0.5) is 0 Å². The van der Waals surface area contributed by atoms with E-state index in [-0.39, 0.29) is 22.6 Å². The maximum atomic E-state index is 8.89. The molecule has 7 nitrogen and oxygen atoms in total. The van der Waals surface area contributed by atoms with Crippen LogP contribution in [-0.2, 0) is 31.7 Å². The first-order chi connectivity index (χ1) is 3.73. The van der Waals surface area contributed by atoms with Gasteiger partial charge in [0.15, 0.2) is 0 Å². The third-order valence-electron chi connectivity index (χ3n) is 0. The van der Waals surface area contributed by atoms with E-state index in [4.69, 9.17) is 27.4 Å². The van der Waals surface area contributed by atoms with Crippen molar-refractivity contribution in [3.05, 3.63) is 0 Å². The molecule has 0 saturated carbocycles. The van der Waals surface area contributed by atoms with Crippen LogP contribution in [0.2, 0.25) is 0 Å². The molecule has 0 atom stereocenters. The number of carboxylic acids is 1. The van der Waals surface area contributed by atoms with Crippen LogP contribution in [0.1, 0.15) is 6.92 Å². The van der Waals surface area contributed by atoms with E-state index in [2.05, 4.69) is 0 Å². The molecule has 0 spiro atoms. The van der Waals surface area contributed by atoms with E-state index in [1.807, 2.05) is 0 Å². The van der Waals surface area contributed by atoms with Gasteiger partial charge in [-0.15, -0.1) is 0 Å². The molecule has 0 fully saturated rings. The van der Waals surface area contributed by atoms with E-state index in [1.165, 1.54) is 0 Å². The van der Waals surface area contributed by atoms with Gasteiger partial charge in [-0.1, -0.05) is 0 Å². The van der Waals surface area contributed by atoms with Crippen molar-refractivity contribution in [2.45, 2.75) is 6.92 Å². The van der Waals surface area contributed by atoms with Crippen molar-refractivity contribution in [1.29, 1.82) is 0 Å². The topological polar surface area (TPSA) is 157 Å². The van der Waals surface area contributed by atoms with Crippen LogP contribution >= 0.6 is 0 Å². The Balaban J connectivity index is -0.0000000383. The van der Waals surface area contributed by atoms with Crippen molar-refractivity contribution in [3.8, 4) is 0 Å². The van der Waals surface area contributed by atoms with Crippen LogP contribution in [0.3, 0.4) is 0 Å². The van der Waals surface area contributed by atoms with Gasteiger partial charge in [0.1, 0.15) is 0 Å². The average Bonchev–Trinajstić information content (AvgIpc) is 1.19. The smallest absolute Gasteiger partial charge is 0.759 e. The van der Waals surface area contributed by atoms with Gasteiger partial charge in [0.05, 0.1) is 0 Å². The molecule has 4 N–H and O–H groups in total. The van der Waals surface area contributed by atoms with Crippen LogP contribution in [-0.4, -0.2) is 23.5 Å². The molecule has 0 heterocycles. The van der Waals surface area contributed by atoms with Crippen molar-refractivity contribution in [1.82, 2.24) is 6.15 Å². The van der Waals surface area contributed by atoms with Crippen molar-refractivity contribution in [2.75, 3.05) is 0 Å². The Hall–Kier alpha value is -0.206. The summed E-state index contributed by atoms with van der Waals surface area (Å²) in [6, 6.07) is 0. The van der Waals surface area contributed by atoms with Gasteiger partial charge in [0, 0.05) is 16.4 Å². The molecule has 0 aliphatic carbocycles. The summed E-state index contributed by atoms with van der Waals surface area (Å²) in [6.45, 7) is 0.972. The molecule has 0 aromatic rings. The number of carbonyl (C=O) groups excluding carboxylic acids is 1. The molecule has 72 valence electrons. The Morgan fingerprint density at radius 1 is 1.27 bits per heavy atom. The SMILES string of the molecule is CC(=O)[O-].O=S(=O)([O-])[O-].[NH4+].[Ni+2]. The van der Waals surface area contributed by atoms with E-state index in [9.17, 15) is 0 Å². The standard InChI is InChI=1S/C2H4O2.H3N.Ni.H2O4S/c1-2(3)4;;;1-5(2,3)4/h1H3,(H,3,4);1H3;;(H2,1,2,3,4)/q;;+2;/p-2. The van der Waals surface area contributed by atoms with Crippen molar-refractivity contribution in [3.63, 3.8) is 0 Å². The molecule has 11 heavy (non-hydrogen) atoms. The summed E-state index contributed by atoms with van der Waals surface area (Å²) in [4.78, 5) is 8.89. The molecule has 0 aliphatic heterocycles. The molecule has 0 aromatic carbocycles. The summed E-state index contributed by atoms with van der Waals surface area (Å²) < 4.78 is 34.1. The maximum absolute atomic E-state index is 8.89. The van der Waals surface area contributed by atoms with Gasteiger partial charge in [0.25, 0.3) is 0 Å². The zero-order chi connectivity index (χ0) is 8.08. The zero-order valence-electron chi connectivity index (χ0n) is 5.67. The van der Waals surface area contributed by atoms with Gasteiger partial charge in [-0.25, -0.2) is 0 Å². The number of rotatable bonds is 0. The molecule has 0 aliphatic rings. The van der Waals surface area contributed by atoms with E-state index < -0.39 is 16.4 Å². The Morgan fingerprint density at radius 2 is 1.27 bits per heavy atom. The molecule has 0 bridgehead atoms. The molecular formula is C2H7NNiO6S. The van der Waals surface area contributed by atoms with E-state index >= 15 is 0 Å². The predicted molar refractivity (Wildman–Crippen MR) is 27.1 cm³/mol. The number of hydrogen-bond acceptors (Lipinski definition) is 6. The summed E-state index contributed by atoms with van der Waals surface area (Å²) in [6.07, 6.45) is 0. The number of carbonyl (C=O) groups is 1. The summed E-state index contributed by atoms with van der Waals surface area (Å²) in [5.41, 5.74) is 0. The number of hydrogen-bond donors (Lipinski definition) is 1. The Bertz CT molecular complexity index is 163. The third kappa shape index (κ3) is 14000. The van der Waals surface area contributed by atoms with Gasteiger partial charge in [-0.05, 0) is 6.92 Å². The first-order valence-corrected chi connectivity index (χ1v) is 2.91. The third-order valence-corrected chi connectivity index (χ3v) is 0. The second kappa shape index (κ2) is 9.79. The fourth-order valence-corrected chi connectivity index (χ4v) is 0. The monoisotopic (exact) mass is 231 g/mol. The second-order valence-electron chi connectivity index (χ2n) is 0.900. The number of aliphatic carboxylic acids is 1. The molecule has 0 radical (unpaired) electrons. The maximum Gasteiger partial charge on any atom is 2.00 e. The van der Waals surface area contributed by atoms with Crippen LogP contribution in [0.5, 0.6) is 0 Å². The quantitative estimate of drug-likeness (QED) is 0.283. The van der Waals surface area contributed by atoms with Gasteiger partial charge >= 0.3 is 16.5 Å². The van der Waals surface area contributed by atoms with Crippen molar-refractivity contribution >= 4 is 16.4 Å². The second-order valence-corrected chi connectivity index (χ2v) is 1.72. The van der Waals surface area contributed by atoms with Crippen LogP contribution in [0.25, 0.3) is 0 Å².